The van der Waals surface area contributed by atoms with E-state index in [-0.39, 0.29) is 10.7 Å². The normalized spacial score (nSPS) is 27.2. The maximum Gasteiger partial charge on any atom is 0.285 e. The molecule has 1 aliphatic heterocycles. The number of hydrogen-bond acceptors (Lipinski definition) is 4. The molecule has 0 saturated carbocycles. The second-order valence-electron chi connectivity index (χ2n) is 8.29. The van der Waals surface area contributed by atoms with Crippen molar-refractivity contribution in [3.63, 3.8) is 0 Å². The molecule has 1 saturated heterocycles. The van der Waals surface area contributed by atoms with E-state index in [9.17, 15) is 19.7 Å². The van der Waals surface area contributed by atoms with Crippen LogP contribution >= 0.6 is 23.2 Å². The van der Waals surface area contributed by atoms with Crippen molar-refractivity contribution >= 4 is 40.7 Å². The van der Waals surface area contributed by atoms with Crippen LogP contribution in [0.4, 0.5) is 5.69 Å². The standard InChI is InChI=1S/C24H14Cl2N2O4/c25-12-9-10-17(26)18(11-12)27-22(29)20-19-13-5-1-3-7-15(13)24(28(31)32,21(20)23(27)30)16-8-4-2-6-14(16)19/h1-11,19-21H/t19?,20-,21-,24?/m0/s1. The Morgan fingerprint density at radius 1 is 0.875 bits per heavy atom. The van der Waals surface area contributed by atoms with Gasteiger partial charge in [0.05, 0.1) is 16.6 Å². The highest BCUT2D eigenvalue weighted by molar-refractivity contribution is 6.38. The number of amides is 2. The number of carbonyl (C=O) groups is 2. The van der Waals surface area contributed by atoms with Crippen molar-refractivity contribution < 1.29 is 14.5 Å². The van der Waals surface area contributed by atoms with Crippen LogP contribution in [0.15, 0.2) is 66.7 Å². The summed E-state index contributed by atoms with van der Waals surface area (Å²) in [5.41, 5.74) is 0.646. The first kappa shape index (κ1) is 19.5. The van der Waals surface area contributed by atoms with Gasteiger partial charge >= 0.3 is 0 Å². The smallest absolute Gasteiger partial charge is 0.274 e. The fraction of sp³-hybridized carbons (Fsp3) is 0.167. The maximum atomic E-state index is 13.8. The fourth-order valence-corrected chi connectivity index (χ4v) is 6.30. The van der Waals surface area contributed by atoms with Crippen LogP contribution in [0.3, 0.4) is 0 Å². The van der Waals surface area contributed by atoms with Gasteiger partial charge in [0.15, 0.2) is 0 Å². The third-order valence-electron chi connectivity index (χ3n) is 7.01. The third-order valence-corrected chi connectivity index (χ3v) is 7.57. The Bertz CT molecular complexity index is 1320. The molecule has 32 heavy (non-hydrogen) atoms. The van der Waals surface area contributed by atoms with E-state index in [1.807, 2.05) is 12.1 Å². The monoisotopic (exact) mass is 464 g/mol. The molecular weight excluding hydrogens is 451 g/mol. The van der Waals surface area contributed by atoms with Gasteiger partial charge < -0.3 is 0 Å². The summed E-state index contributed by atoms with van der Waals surface area (Å²) in [6, 6.07) is 18.6. The molecule has 4 aliphatic rings. The van der Waals surface area contributed by atoms with E-state index in [0.29, 0.717) is 27.3 Å². The molecule has 1 fully saturated rings. The molecule has 3 aliphatic carbocycles. The van der Waals surface area contributed by atoms with Gasteiger partial charge in [0, 0.05) is 27.0 Å². The van der Waals surface area contributed by atoms with E-state index in [4.69, 9.17) is 23.2 Å². The van der Waals surface area contributed by atoms with Crippen molar-refractivity contribution in [1.29, 1.82) is 0 Å². The van der Waals surface area contributed by atoms with Crippen molar-refractivity contribution in [2.24, 2.45) is 11.8 Å². The zero-order valence-electron chi connectivity index (χ0n) is 16.4. The zero-order valence-corrected chi connectivity index (χ0v) is 17.9. The molecular formula is C24H14Cl2N2O4. The van der Waals surface area contributed by atoms with Crippen molar-refractivity contribution in [3.05, 3.63) is 109 Å². The first-order valence-corrected chi connectivity index (χ1v) is 10.8. The summed E-state index contributed by atoms with van der Waals surface area (Å²) < 4.78 is 0. The lowest BCUT2D eigenvalue weighted by Gasteiger charge is -2.48. The van der Waals surface area contributed by atoms with Crippen LogP contribution < -0.4 is 4.90 Å². The number of rotatable bonds is 2. The molecule has 3 aromatic carbocycles. The highest BCUT2D eigenvalue weighted by Gasteiger charge is 2.74. The summed E-state index contributed by atoms with van der Waals surface area (Å²) in [4.78, 5) is 41.1. The number of nitro groups is 1. The number of anilines is 1. The Balaban J connectivity index is 1.68. The average Bonchev–Trinajstić information content (AvgIpc) is 3.06. The molecule has 8 heteroatoms. The molecule has 1 heterocycles. The van der Waals surface area contributed by atoms with Crippen LogP contribution in [0.25, 0.3) is 0 Å². The summed E-state index contributed by atoms with van der Waals surface area (Å²) in [5.74, 6) is -3.68. The second-order valence-corrected chi connectivity index (χ2v) is 9.13. The van der Waals surface area contributed by atoms with E-state index in [0.717, 1.165) is 4.90 Å². The summed E-state index contributed by atoms with van der Waals surface area (Å²) >= 11 is 12.5. The molecule has 2 atom stereocenters. The van der Waals surface area contributed by atoms with Gasteiger partial charge in [-0.2, -0.15) is 0 Å². The minimum atomic E-state index is -1.86. The van der Waals surface area contributed by atoms with Crippen molar-refractivity contribution in [2.45, 2.75) is 11.5 Å². The fourth-order valence-electron chi connectivity index (χ4n) is 5.94. The van der Waals surface area contributed by atoms with Crippen LogP contribution in [0.2, 0.25) is 10.0 Å². The summed E-state index contributed by atoms with van der Waals surface area (Å²) in [6.07, 6.45) is 0. The van der Waals surface area contributed by atoms with Gasteiger partial charge in [-0.1, -0.05) is 71.7 Å². The lowest BCUT2D eigenvalue weighted by atomic mass is 9.51. The summed E-state index contributed by atoms with van der Waals surface area (Å²) in [7, 11) is 0. The minimum absolute atomic E-state index is 0.148. The minimum Gasteiger partial charge on any atom is -0.274 e. The lowest BCUT2D eigenvalue weighted by molar-refractivity contribution is -0.578. The van der Waals surface area contributed by atoms with E-state index >= 15 is 0 Å². The van der Waals surface area contributed by atoms with Gasteiger partial charge in [0.2, 0.25) is 11.8 Å². The number of hydrogen-bond donors (Lipinski definition) is 0. The van der Waals surface area contributed by atoms with E-state index in [1.54, 1.807) is 42.5 Å². The van der Waals surface area contributed by atoms with Crippen molar-refractivity contribution in [2.75, 3.05) is 4.90 Å². The molecule has 0 spiro atoms. The van der Waals surface area contributed by atoms with E-state index in [1.165, 1.54) is 12.1 Å². The topological polar surface area (TPSA) is 80.5 Å². The van der Waals surface area contributed by atoms with Gasteiger partial charge in [-0.25, -0.2) is 4.90 Å². The SMILES string of the molecule is O=C1[C@@H]2[C@@H](C(=O)N1c1cc(Cl)ccc1Cl)C1c3ccccc3C2([N+](=O)[O-])c2ccccc21. The average molecular weight is 465 g/mol. The quantitative estimate of drug-likeness (QED) is 0.310. The highest BCUT2D eigenvalue weighted by Crippen LogP contribution is 2.64. The largest absolute Gasteiger partial charge is 0.285 e. The predicted molar refractivity (Wildman–Crippen MR) is 118 cm³/mol. The maximum absolute atomic E-state index is 13.8. The van der Waals surface area contributed by atoms with Crippen molar-refractivity contribution in [3.8, 4) is 0 Å². The highest BCUT2D eigenvalue weighted by atomic mass is 35.5. The number of imide groups is 1. The first-order chi connectivity index (χ1) is 15.4. The first-order valence-electron chi connectivity index (χ1n) is 10.0. The molecule has 7 rings (SSSR count). The van der Waals surface area contributed by atoms with Crippen LogP contribution in [0, 0.1) is 22.0 Å². The Morgan fingerprint density at radius 2 is 1.47 bits per heavy atom. The van der Waals surface area contributed by atoms with Crippen LogP contribution in [0.5, 0.6) is 0 Å². The number of carbonyl (C=O) groups excluding carboxylic acids is 2. The molecule has 0 N–H and O–H groups in total. The molecule has 2 bridgehead atoms. The second kappa shape index (κ2) is 6.40. The van der Waals surface area contributed by atoms with Crippen LogP contribution in [-0.2, 0) is 15.1 Å². The third kappa shape index (κ3) is 2.11. The van der Waals surface area contributed by atoms with Gasteiger partial charge in [-0.15, -0.1) is 0 Å². The van der Waals surface area contributed by atoms with E-state index < -0.39 is 40.0 Å². The molecule has 0 aromatic heterocycles. The molecule has 6 nitrogen and oxygen atoms in total. The van der Waals surface area contributed by atoms with Crippen molar-refractivity contribution in [1.82, 2.24) is 0 Å². The van der Waals surface area contributed by atoms with Crippen LogP contribution in [0.1, 0.15) is 28.2 Å². The summed E-state index contributed by atoms with van der Waals surface area (Å²) in [5, 5.41) is 13.4. The Labute approximate surface area is 192 Å². The number of nitrogens with zero attached hydrogens (tertiary/aromatic N) is 2. The van der Waals surface area contributed by atoms with Gasteiger partial charge in [0.1, 0.15) is 5.92 Å². The van der Waals surface area contributed by atoms with Gasteiger partial charge in [0.25, 0.3) is 5.54 Å². The Morgan fingerprint density at radius 3 is 2.06 bits per heavy atom. The predicted octanol–water partition coefficient (Wildman–Crippen LogP) is 4.78. The Hall–Kier alpha value is -3.22. The number of halogens is 2. The number of benzene rings is 3. The van der Waals surface area contributed by atoms with E-state index in [2.05, 4.69) is 0 Å². The zero-order chi connectivity index (χ0) is 22.4. The molecule has 0 unspecified atom stereocenters. The lowest BCUT2D eigenvalue weighted by Crippen LogP contribution is -2.57. The van der Waals surface area contributed by atoms with Gasteiger partial charge in [-0.05, 0) is 29.3 Å². The molecule has 158 valence electrons. The molecule has 2 amide bonds. The summed E-state index contributed by atoms with van der Waals surface area (Å²) in [6.45, 7) is 0. The Kier molecular flexibility index (Phi) is 3.89. The molecule has 3 aromatic rings. The molecule has 0 radical (unpaired) electrons. The van der Waals surface area contributed by atoms with Crippen LogP contribution in [-0.4, -0.2) is 16.7 Å². The van der Waals surface area contributed by atoms with Gasteiger partial charge in [-0.3, -0.25) is 19.7 Å².